The smallest absolute Gasteiger partial charge is 0.310 e. The maximum atomic E-state index is 12.7. The molecule has 0 radical (unpaired) electrons. The lowest BCUT2D eigenvalue weighted by molar-refractivity contribution is -0.142. The van der Waals surface area contributed by atoms with E-state index in [1.54, 1.807) is 32.9 Å². The SMILES string of the molecule is C=CCOc1cc(C)ccc1-c1cccc(-c2cc3nc(C)c(CC(=O)OCC)c(N4CCC(C)(OCC=C)CC4)n3n2)c1.CC(C)(C)O. The molecule has 49 heavy (non-hydrogen) atoms. The first-order chi connectivity index (χ1) is 23.2. The minimum Gasteiger partial charge on any atom is -0.489 e. The van der Waals surface area contributed by atoms with Gasteiger partial charge in [0.05, 0.1) is 36.5 Å². The van der Waals surface area contributed by atoms with E-state index in [0.29, 0.717) is 19.8 Å². The van der Waals surface area contributed by atoms with Crippen LogP contribution >= 0.6 is 0 Å². The molecule has 3 heterocycles. The summed E-state index contributed by atoms with van der Waals surface area (Å²) < 4.78 is 19.4. The number of hydrogen-bond acceptors (Lipinski definition) is 8. The molecule has 9 nitrogen and oxygen atoms in total. The predicted molar refractivity (Wildman–Crippen MR) is 197 cm³/mol. The summed E-state index contributed by atoms with van der Waals surface area (Å²) in [7, 11) is 0. The fourth-order valence-electron chi connectivity index (χ4n) is 5.74. The number of rotatable bonds is 12. The Morgan fingerprint density at radius 2 is 1.69 bits per heavy atom. The number of aryl methyl sites for hydroxylation is 2. The summed E-state index contributed by atoms with van der Waals surface area (Å²) in [6.45, 7) is 23.6. The zero-order valence-corrected chi connectivity index (χ0v) is 30.2. The zero-order valence-electron chi connectivity index (χ0n) is 30.2. The van der Waals surface area contributed by atoms with Crippen LogP contribution in [0.4, 0.5) is 5.82 Å². The van der Waals surface area contributed by atoms with Crippen molar-refractivity contribution in [2.75, 3.05) is 37.8 Å². The molecule has 2 aromatic carbocycles. The number of piperidine rings is 1. The molecule has 1 saturated heterocycles. The Balaban J connectivity index is 0.00000101. The van der Waals surface area contributed by atoms with Crippen molar-refractivity contribution >= 4 is 17.4 Å². The third-order valence-corrected chi connectivity index (χ3v) is 8.14. The van der Waals surface area contributed by atoms with E-state index in [4.69, 9.17) is 29.4 Å². The van der Waals surface area contributed by atoms with E-state index in [9.17, 15) is 4.79 Å². The summed E-state index contributed by atoms with van der Waals surface area (Å²) in [5, 5.41) is 13.6. The van der Waals surface area contributed by atoms with Gasteiger partial charge < -0.3 is 24.2 Å². The minimum absolute atomic E-state index is 0.129. The minimum atomic E-state index is -0.500. The highest BCUT2D eigenvalue weighted by Crippen LogP contribution is 2.36. The summed E-state index contributed by atoms with van der Waals surface area (Å²) in [5.41, 5.74) is 6.54. The number of carbonyl (C=O) groups is 1. The molecule has 0 aliphatic carbocycles. The quantitative estimate of drug-likeness (QED) is 0.121. The van der Waals surface area contributed by atoms with Gasteiger partial charge in [-0.25, -0.2) is 4.98 Å². The first kappa shape index (κ1) is 37.4. The number of esters is 1. The van der Waals surface area contributed by atoms with Crippen molar-refractivity contribution in [1.82, 2.24) is 14.6 Å². The maximum absolute atomic E-state index is 12.7. The van der Waals surface area contributed by atoms with Crippen LogP contribution in [-0.2, 0) is 20.7 Å². The molecular weight excluding hydrogens is 616 g/mol. The van der Waals surface area contributed by atoms with Gasteiger partial charge in [0.2, 0.25) is 0 Å². The lowest BCUT2D eigenvalue weighted by atomic mass is 9.93. The Morgan fingerprint density at radius 1 is 1.02 bits per heavy atom. The van der Waals surface area contributed by atoms with Crippen molar-refractivity contribution in [3.8, 4) is 28.1 Å². The van der Waals surface area contributed by atoms with Gasteiger partial charge in [-0.15, -0.1) is 6.58 Å². The Morgan fingerprint density at radius 3 is 2.35 bits per heavy atom. The molecular formula is C40H52N4O5. The van der Waals surface area contributed by atoms with Crippen LogP contribution in [0.15, 0.2) is 73.8 Å². The van der Waals surface area contributed by atoms with E-state index >= 15 is 0 Å². The first-order valence-corrected chi connectivity index (χ1v) is 17.0. The van der Waals surface area contributed by atoms with E-state index in [-0.39, 0.29) is 18.0 Å². The molecule has 1 aliphatic rings. The number of ether oxygens (including phenoxy) is 3. The standard InChI is InChI=1S/C36H42N4O4.C4H10O/c1-7-19-43-32-21-25(4)13-14-29(32)27-11-10-12-28(22-27)31-24-33-37-26(5)30(23-34(41)42-9-3)35(40(33)38-31)39-17-15-36(6,16-18-39)44-20-8-2;1-4(2,3)5/h7-8,10-14,21-22,24H,1-2,9,15-20,23H2,3-6H3;5H,1-3H3. The molecule has 0 spiro atoms. The molecule has 1 fully saturated rings. The Labute approximate surface area is 291 Å². The lowest BCUT2D eigenvalue weighted by Gasteiger charge is -2.40. The van der Waals surface area contributed by atoms with Gasteiger partial charge in [-0.05, 0) is 84.6 Å². The molecule has 2 aromatic heterocycles. The molecule has 0 bridgehead atoms. The lowest BCUT2D eigenvalue weighted by Crippen LogP contribution is -2.45. The molecule has 0 unspecified atom stereocenters. The van der Waals surface area contributed by atoms with Crippen molar-refractivity contribution in [2.24, 2.45) is 0 Å². The Hall–Kier alpha value is -4.47. The average molecular weight is 669 g/mol. The summed E-state index contributed by atoms with van der Waals surface area (Å²) in [6.07, 6.45) is 5.35. The van der Waals surface area contributed by atoms with E-state index in [0.717, 1.165) is 82.4 Å². The number of fused-ring (bicyclic) bond motifs is 1. The van der Waals surface area contributed by atoms with Gasteiger partial charge in [-0.3, -0.25) is 4.79 Å². The molecule has 4 aromatic rings. The topological polar surface area (TPSA) is 98.4 Å². The van der Waals surface area contributed by atoms with Crippen LogP contribution in [-0.4, -0.2) is 69.8 Å². The number of aliphatic hydroxyl groups is 1. The molecule has 5 rings (SSSR count). The van der Waals surface area contributed by atoms with Gasteiger partial charge >= 0.3 is 5.97 Å². The van der Waals surface area contributed by atoms with E-state index in [1.165, 1.54) is 0 Å². The van der Waals surface area contributed by atoms with E-state index in [2.05, 4.69) is 62.2 Å². The number of nitrogens with zero attached hydrogens (tertiary/aromatic N) is 4. The van der Waals surface area contributed by atoms with Crippen molar-refractivity contribution in [2.45, 2.75) is 78.9 Å². The normalized spacial score (nSPS) is 14.2. The first-order valence-electron chi connectivity index (χ1n) is 17.0. The predicted octanol–water partition coefficient (Wildman–Crippen LogP) is 7.69. The summed E-state index contributed by atoms with van der Waals surface area (Å²) in [5.74, 6) is 1.42. The largest absolute Gasteiger partial charge is 0.489 e. The second-order valence-corrected chi connectivity index (χ2v) is 13.7. The highest BCUT2D eigenvalue weighted by atomic mass is 16.5. The Kier molecular flexibility index (Phi) is 12.4. The summed E-state index contributed by atoms with van der Waals surface area (Å²) in [4.78, 5) is 19.9. The van der Waals surface area contributed by atoms with Crippen LogP contribution < -0.4 is 9.64 Å². The molecule has 1 N–H and O–H groups in total. The summed E-state index contributed by atoms with van der Waals surface area (Å²) in [6, 6.07) is 16.5. The van der Waals surface area contributed by atoms with Crippen molar-refractivity contribution in [1.29, 1.82) is 0 Å². The van der Waals surface area contributed by atoms with Crippen molar-refractivity contribution in [3.63, 3.8) is 0 Å². The Bertz CT molecular complexity index is 1760. The van der Waals surface area contributed by atoms with Gasteiger partial charge in [-0.2, -0.15) is 9.61 Å². The van der Waals surface area contributed by atoms with E-state index in [1.807, 2.05) is 36.6 Å². The molecule has 9 heteroatoms. The average Bonchev–Trinajstić information content (AvgIpc) is 3.47. The fourth-order valence-corrected chi connectivity index (χ4v) is 5.74. The van der Waals surface area contributed by atoms with Crippen molar-refractivity contribution < 1.29 is 24.1 Å². The second-order valence-electron chi connectivity index (χ2n) is 13.7. The van der Waals surface area contributed by atoms with Crippen LogP contribution in [0.3, 0.4) is 0 Å². The van der Waals surface area contributed by atoms with Crippen LogP contribution in [0.1, 0.15) is 64.3 Å². The van der Waals surface area contributed by atoms with Crippen LogP contribution in [0.2, 0.25) is 0 Å². The molecule has 262 valence electrons. The van der Waals surface area contributed by atoms with Gasteiger partial charge in [0.25, 0.3) is 0 Å². The van der Waals surface area contributed by atoms with Crippen LogP contribution in [0.25, 0.3) is 28.0 Å². The van der Waals surface area contributed by atoms with Gasteiger partial charge in [-0.1, -0.05) is 49.1 Å². The molecule has 0 saturated carbocycles. The number of benzene rings is 2. The van der Waals surface area contributed by atoms with Crippen molar-refractivity contribution in [3.05, 3.63) is 90.7 Å². The highest BCUT2D eigenvalue weighted by Gasteiger charge is 2.33. The molecule has 0 atom stereocenters. The van der Waals surface area contributed by atoms with E-state index < -0.39 is 5.60 Å². The van der Waals surface area contributed by atoms with Gasteiger partial charge in [0.1, 0.15) is 18.2 Å². The number of carbonyl (C=O) groups excluding carboxylic acids is 1. The van der Waals surface area contributed by atoms with Gasteiger partial charge in [0.15, 0.2) is 5.65 Å². The van der Waals surface area contributed by atoms with Crippen LogP contribution in [0.5, 0.6) is 5.75 Å². The summed E-state index contributed by atoms with van der Waals surface area (Å²) >= 11 is 0. The van der Waals surface area contributed by atoms with Gasteiger partial charge in [0, 0.05) is 41.5 Å². The number of hydrogen-bond donors (Lipinski definition) is 1. The third kappa shape index (κ3) is 10.0. The molecule has 1 aliphatic heterocycles. The van der Waals surface area contributed by atoms with Crippen LogP contribution in [0, 0.1) is 13.8 Å². The maximum Gasteiger partial charge on any atom is 0.310 e. The number of aromatic nitrogens is 3. The monoisotopic (exact) mass is 668 g/mol. The second kappa shape index (κ2) is 16.3. The third-order valence-electron chi connectivity index (χ3n) is 8.14. The zero-order chi connectivity index (χ0) is 35.8. The highest BCUT2D eigenvalue weighted by molar-refractivity contribution is 5.78. The fraction of sp³-hybridized carbons (Fsp3) is 0.425. The number of anilines is 1. The molecule has 0 amide bonds.